The lowest BCUT2D eigenvalue weighted by Gasteiger charge is -2.16. The molecule has 0 saturated carbocycles. The van der Waals surface area contributed by atoms with Crippen LogP contribution >= 0.6 is 11.3 Å². The second-order valence-electron chi connectivity index (χ2n) is 5.23. The number of carbonyl (C=O) groups is 1. The molecule has 5 heteroatoms. The summed E-state index contributed by atoms with van der Waals surface area (Å²) < 4.78 is 0. The predicted octanol–water partition coefficient (Wildman–Crippen LogP) is 3.13. The van der Waals surface area contributed by atoms with Crippen molar-refractivity contribution in [3.8, 4) is 0 Å². The first-order chi connectivity index (χ1) is 10.1. The number of hydrogen-bond acceptors (Lipinski definition) is 3. The molecule has 0 aliphatic rings. The molecular weight excluding hydrogens is 282 g/mol. The van der Waals surface area contributed by atoms with Gasteiger partial charge in [-0.1, -0.05) is 6.07 Å². The van der Waals surface area contributed by atoms with Gasteiger partial charge in [0.05, 0.1) is 17.5 Å². The van der Waals surface area contributed by atoms with E-state index in [0.717, 1.165) is 22.4 Å². The number of amides is 1. The number of thiophene rings is 1. The number of hydrogen-bond donors (Lipinski definition) is 1. The Morgan fingerprint density at radius 2 is 2.19 bits per heavy atom. The zero-order valence-electron chi connectivity index (χ0n) is 12.1. The third kappa shape index (κ3) is 3.13. The maximum absolute atomic E-state index is 12.3. The van der Waals surface area contributed by atoms with E-state index in [1.165, 1.54) is 5.56 Å². The summed E-state index contributed by atoms with van der Waals surface area (Å²) in [5.74, 6) is 1.01. The predicted molar refractivity (Wildman–Crippen MR) is 85.3 cm³/mol. The van der Waals surface area contributed by atoms with Crippen molar-refractivity contribution in [1.29, 1.82) is 0 Å². The number of fused-ring (bicyclic) bond motifs is 1. The highest BCUT2D eigenvalue weighted by molar-refractivity contribution is 7.07. The lowest BCUT2D eigenvalue weighted by molar-refractivity contribution is -0.129. The molecular formula is C16H17N3OS. The summed E-state index contributed by atoms with van der Waals surface area (Å²) in [6, 6.07) is 7.98. The number of imidazole rings is 1. The van der Waals surface area contributed by atoms with E-state index in [9.17, 15) is 4.79 Å². The summed E-state index contributed by atoms with van der Waals surface area (Å²) in [6.07, 6.45) is 0.411. The van der Waals surface area contributed by atoms with Gasteiger partial charge in [-0.05, 0) is 47.0 Å². The van der Waals surface area contributed by atoms with E-state index >= 15 is 0 Å². The largest absolute Gasteiger partial charge is 0.342 e. The highest BCUT2D eigenvalue weighted by Crippen LogP contribution is 2.15. The quantitative estimate of drug-likeness (QED) is 0.804. The number of rotatable bonds is 4. The second-order valence-corrected chi connectivity index (χ2v) is 6.01. The van der Waals surface area contributed by atoms with Crippen molar-refractivity contribution in [1.82, 2.24) is 14.9 Å². The highest BCUT2D eigenvalue weighted by atomic mass is 32.1. The average Bonchev–Trinajstić information content (AvgIpc) is 3.06. The molecule has 108 valence electrons. The van der Waals surface area contributed by atoms with E-state index in [1.54, 1.807) is 16.2 Å². The summed E-state index contributed by atoms with van der Waals surface area (Å²) in [7, 11) is 1.85. The zero-order valence-corrected chi connectivity index (χ0v) is 12.9. The molecule has 1 N–H and O–H groups in total. The van der Waals surface area contributed by atoms with Gasteiger partial charge in [0, 0.05) is 13.6 Å². The van der Waals surface area contributed by atoms with Gasteiger partial charge >= 0.3 is 0 Å². The first-order valence-electron chi connectivity index (χ1n) is 6.82. The Morgan fingerprint density at radius 3 is 2.95 bits per heavy atom. The fourth-order valence-electron chi connectivity index (χ4n) is 2.35. The normalized spacial score (nSPS) is 11.0. The van der Waals surface area contributed by atoms with Gasteiger partial charge in [-0.2, -0.15) is 11.3 Å². The molecule has 21 heavy (non-hydrogen) atoms. The molecule has 3 rings (SSSR count). The van der Waals surface area contributed by atoms with Crippen LogP contribution in [0.4, 0.5) is 0 Å². The van der Waals surface area contributed by atoms with Crippen LogP contribution < -0.4 is 0 Å². The maximum atomic E-state index is 12.3. The number of likely N-dealkylation sites (N-methyl/N-ethyl adjacent to an activating group) is 1. The van der Waals surface area contributed by atoms with Crippen molar-refractivity contribution in [3.63, 3.8) is 0 Å². The summed E-state index contributed by atoms with van der Waals surface area (Å²) in [5, 5.41) is 4.10. The van der Waals surface area contributed by atoms with Gasteiger partial charge in [-0.15, -0.1) is 0 Å². The number of H-pyrrole nitrogens is 1. The number of aryl methyl sites for hydroxylation is 1. The molecule has 1 amide bonds. The van der Waals surface area contributed by atoms with Crippen LogP contribution in [0.15, 0.2) is 35.0 Å². The average molecular weight is 299 g/mol. The summed E-state index contributed by atoms with van der Waals surface area (Å²) >= 11 is 1.65. The first kappa shape index (κ1) is 13.8. The Balaban J connectivity index is 1.70. The Hall–Kier alpha value is -2.14. The molecule has 1 aromatic carbocycles. The van der Waals surface area contributed by atoms with Gasteiger partial charge in [-0.3, -0.25) is 4.79 Å². The monoisotopic (exact) mass is 299 g/mol. The molecule has 0 spiro atoms. The van der Waals surface area contributed by atoms with Crippen molar-refractivity contribution in [2.24, 2.45) is 0 Å². The molecule has 4 nitrogen and oxygen atoms in total. The molecule has 2 aromatic heterocycles. The topological polar surface area (TPSA) is 49.0 Å². The van der Waals surface area contributed by atoms with Crippen LogP contribution in [0.5, 0.6) is 0 Å². The zero-order chi connectivity index (χ0) is 14.8. The van der Waals surface area contributed by atoms with Crippen LogP contribution in [-0.4, -0.2) is 27.8 Å². The van der Waals surface area contributed by atoms with Crippen molar-refractivity contribution in [2.45, 2.75) is 19.9 Å². The van der Waals surface area contributed by atoms with Gasteiger partial charge in [0.2, 0.25) is 5.91 Å². The minimum absolute atomic E-state index is 0.122. The number of nitrogens with one attached hydrogen (secondary N) is 1. The van der Waals surface area contributed by atoms with Crippen molar-refractivity contribution < 1.29 is 4.79 Å². The molecule has 2 heterocycles. The molecule has 0 unspecified atom stereocenters. The third-order valence-electron chi connectivity index (χ3n) is 3.45. The molecule has 0 radical (unpaired) electrons. The van der Waals surface area contributed by atoms with Gasteiger partial charge in [0.1, 0.15) is 5.82 Å². The van der Waals surface area contributed by atoms with Gasteiger partial charge < -0.3 is 9.88 Å². The van der Waals surface area contributed by atoms with E-state index < -0.39 is 0 Å². The number of aromatic nitrogens is 2. The molecule has 0 aliphatic carbocycles. The van der Waals surface area contributed by atoms with Crippen LogP contribution in [0.1, 0.15) is 17.0 Å². The van der Waals surface area contributed by atoms with E-state index in [1.807, 2.05) is 43.6 Å². The molecule has 0 fully saturated rings. The summed E-state index contributed by atoms with van der Waals surface area (Å²) in [5.41, 5.74) is 4.11. The van der Waals surface area contributed by atoms with Gasteiger partial charge in [0.15, 0.2) is 0 Å². The van der Waals surface area contributed by atoms with Crippen LogP contribution in [0.2, 0.25) is 0 Å². The second kappa shape index (κ2) is 5.69. The standard InChI is InChI=1S/C16H17N3OS/c1-11-17-14-4-3-12(7-15(14)18-11)8-16(20)19(2)9-13-5-6-21-10-13/h3-7,10H,8-9H2,1-2H3,(H,17,18). The number of nitrogens with zero attached hydrogens (tertiary/aromatic N) is 2. The molecule has 0 saturated heterocycles. The Kier molecular flexibility index (Phi) is 3.75. The maximum Gasteiger partial charge on any atom is 0.227 e. The number of aromatic amines is 1. The van der Waals surface area contributed by atoms with Gasteiger partial charge in [-0.25, -0.2) is 4.98 Å². The third-order valence-corrected chi connectivity index (χ3v) is 4.18. The molecule has 0 atom stereocenters. The summed E-state index contributed by atoms with van der Waals surface area (Å²) in [6.45, 7) is 2.59. The first-order valence-corrected chi connectivity index (χ1v) is 7.76. The fraction of sp³-hybridized carbons (Fsp3) is 0.250. The molecule has 3 aromatic rings. The van der Waals surface area contributed by atoms with Crippen LogP contribution in [0, 0.1) is 6.92 Å². The number of benzene rings is 1. The highest BCUT2D eigenvalue weighted by Gasteiger charge is 2.11. The van der Waals surface area contributed by atoms with Gasteiger partial charge in [0.25, 0.3) is 0 Å². The van der Waals surface area contributed by atoms with E-state index in [4.69, 9.17) is 0 Å². The van der Waals surface area contributed by atoms with Crippen molar-refractivity contribution in [2.75, 3.05) is 7.05 Å². The van der Waals surface area contributed by atoms with E-state index in [0.29, 0.717) is 13.0 Å². The lowest BCUT2D eigenvalue weighted by Crippen LogP contribution is -2.27. The summed E-state index contributed by atoms with van der Waals surface area (Å²) in [4.78, 5) is 21.6. The van der Waals surface area contributed by atoms with Crippen LogP contribution in [0.3, 0.4) is 0 Å². The Labute approximate surface area is 127 Å². The van der Waals surface area contributed by atoms with E-state index in [-0.39, 0.29) is 5.91 Å². The Morgan fingerprint density at radius 1 is 1.33 bits per heavy atom. The molecule has 0 aliphatic heterocycles. The minimum Gasteiger partial charge on any atom is -0.342 e. The van der Waals surface area contributed by atoms with Crippen molar-refractivity contribution in [3.05, 3.63) is 52.0 Å². The molecule has 0 bridgehead atoms. The SMILES string of the molecule is Cc1nc2ccc(CC(=O)N(C)Cc3ccsc3)cc2[nH]1. The fourth-order valence-corrected chi connectivity index (χ4v) is 3.01. The minimum atomic E-state index is 0.122. The van der Waals surface area contributed by atoms with Crippen LogP contribution in [-0.2, 0) is 17.8 Å². The van der Waals surface area contributed by atoms with Crippen molar-refractivity contribution >= 4 is 28.3 Å². The lowest BCUT2D eigenvalue weighted by atomic mass is 10.1. The Bertz CT molecular complexity index is 761. The number of carbonyl (C=O) groups excluding carboxylic acids is 1. The van der Waals surface area contributed by atoms with E-state index in [2.05, 4.69) is 15.3 Å². The van der Waals surface area contributed by atoms with Crippen LogP contribution in [0.25, 0.3) is 11.0 Å². The smallest absolute Gasteiger partial charge is 0.227 e.